The number of piperazine rings is 1. The number of rotatable bonds is 15. The van der Waals surface area contributed by atoms with Gasteiger partial charge in [-0.2, -0.15) is 15.1 Å². The molecular weight excluding hydrogens is 981 g/mol. The fourth-order valence-electron chi connectivity index (χ4n) is 14.0. The molecule has 5 fully saturated rings. The lowest BCUT2D eigenvalue weighted by Gasteiger charge is -2.42. The lowest BCUT2D eigenvalue weighted by Crippen LogP contribution is -2.51. The third kappa shape index (κ3) is 9.39. The van der Waals surface area contributed by atoms with Gasteiger partial charge in [-0.25, -0.2) is 0 Å². The summed E-state index contributed by atoms with van der Waals surface area (Å²) in [5.41, 5.74) is 8.02. The van der Waals surface area contributed by atoms with Crippen molar-refractivity contribution in [3.05, 3.63) is 102 Å². The van der Waals surface area contributed by atoms with Crippen LogP contribution in [0.5, 0.6) is 11.8 Å². The van der Waals surface area contributed by atoms with Gasteiger partial charge in [-0.15, -0.1) is 0 Å². The number of phenolic OH excluding ortho intramolecular Hbond substituents is 1. The van der Waals surface area contributed by atoms with E-state index in [9.17, 15) is 14.7 Å². The first-order valence-electron chi connectivity index (χ1n) is 28.6. The largest absolute Gasteiger partial charge is 0.508 e. The second-order valence-electron chi connectivity index (χ2n) is 23.6. The third-order valence-corrected chi connectivity index (χ3v) is 18.2. The maximum atomic E-state index is 14.4. The number of aromatic nitrogens is 6. The maximum absolute atomic E-state index is 14.4. The number of benzene rings is 3. The third-order valence-electron chi connectivity index (χ3n) is 18.2. The highest BCUT2D eigenvalue weighted by Crippen LogP contribution is 2.49. The van der Waals surface area contributed by atoms with E-state index >= 15 is 0 Å². The van der Waals surface area contributed by atoms with E-state index < -0.39 is 12.0 Å². The number of piperidine rings is 1. The Morgan fingerprint density at radius 3 is 2.45 bits per heavy atom. The summed E-state index contributed by atoms with van der Waals surface area (Å²) in [5, 5.41) is 29.7. The van der Waals surface area contributed by atoms with E-state index in [2.05, 4.69) is 72.8 Å². The van der Waals surface area contributed by atoms with Crippen molar-refractivity contribution < 1.29 is 24.0 Å². The van der Waals surface area contributed by atoms with Crippen molar-refractivity contribution in [3.8, 4) is 34.3 Å². The molecule has 7 aromatic rings. The molecule has 78 heavy (non-hydrogen) atoms. The molecule has 13 rings (SSSR count). The second kappa shape index (κ2) is 20.6. The predicted molar refractivity (Wildman–Crippen MR) is 301 cm³/mol. The Labute approximate surface area is 455 Å². The number of ether oxygens (including phenoxy) is 1. The minimum absolute atomic E-state index is 0.0351. The topological polar surface area (TPSA) is 183 Å². The van der Waals surface area contributed by atoms with E-state index in [1.54, 1.807) is 11.1 Å². The van der Waals surface area contributed by atoms with Crippen LogP contribution in [-0.2, 0) is 16.6 Å². The van der Waals surface area contributed by atoms with E-state index in [4.69, 9.17) is 24.2 Å². The molecule has 17 heteroatoms. The summed E-state index contributed by atoms with van der Waals surface area (Å²) < 4.78 is 14.4. The number of carbonyl (C=O) groups excluding carboxylic acids is 2. The van der Waals surface area contributed by atoms with E-state index in [1.165, 1.54) is 24.8 Å². The summed E-state index contributed by atoms with van der Waals surface area (Å²) >= 11 is 0. The molecule has 2 bridgehead atoms. The molecule has 1 aliphatic carbocycles. The van der Waals surface area contributed by atoms with Gasteiger partial charge in [-0.05, 0) is 128 Å². The first-order valence-corrected chi connectivity index (χ1v) is 28.6. The van der Waals surface area contributed by atoms with Gasteiger partial charge in [-0.3, -0.25) is 24.2 Å². The normalized spacial score (nSPS) is 22.3. The summed E-state index contributed by atoms with van der Waals surface area (Å²) in [5.74, 6) is 2.97. The Morgan fingerprint density at radius 1 is 0.897 bits per heavy atom. The van der Waals surface area contributed by atoms with Crippen molar-refractivity contribution in [3.63, 3.8) is 0 Å². The number of carbonyl (C=O) groups is 2. The van der Waals surface area contributed by atoms with Crippen LogP contribution in [0.2, 0.25) is 0 Å². The van der Waals surface area contributed by atoms with E-state index in [0.29, 0.717) is 55.3 Å². The van der Waals surface area contributed by atoms with Gasteiger partial charge in [-0.1, -0.05) is 68.4 Å². The lowest BCUT2D eigenvalue weighted by atomic mass is 9.79. The minimum Gasteiger partial charge on any atom is -0.508 e. The number of likely N-dealkylation sites (tertiary alicyclic amines) is 2. The van der Waals surface area contributed by atoms with Gasteiger partial charge in [0.2, 0.25) is 11.8 Å². The van der Waals surface area contributed by atoms with Gasteiger partial charge in [0.25, 0.3) is 0 Å². The number of amides is 2. The molecule has 2 amide bonds. The van der Waals surface area contributed by atoms with Gasteiger partial charge in [0, 0.05) is 93.9 Å². The summed E-state index contributed by atoms with van der Waals surface area (Å²) in [6, 6.07) is 22.7. The van der Waals surface area contributed by atoms with Gasteiger partial charge >= 0.3 is 6.01 Å². The number of nitrogens with zero attached hydrogens (tertiary/aromatic N) is 10. The van der Waals surface area contributed by atoms with Crippen LogP contribution < -0.4 is 25.2 Å². The molecule has 6 atom stereocenters. The Bertz CT molecular complexity index is 3370. The van der Waals surface area contributed by atoms with Crippen molar-refractivity contribution in [2.24, 2.45) is 24.8 Å². The summed E-state index contributed by atoms with van der Waals surface area (Å²) in [4.78, 5) is 52.6. The predicted octanol–water partition coefficient (Wildman–Crippen LogP) is 8.57. The van der Waals surface area contributed by atoms with Crippen LogP contribution in [0.3, 0.4) is 0 Å². The second-order valence-corrected chi connectivity index (χ2v) is 23.6. The Morgan fingerprint density at radius 2 is 1.69 bits per heavy atom. The summed E-state index contributed by atoms with van der Waals surface area (Å²) in [6.07, 6.45) is 11.0. The number of pyridine rings is 1. The first kappa shape index (κ1) is 50.4. The molecule has 0 radical (unpaired) electrons. The molecular formula is C61H72N12O5. The molecule has 5 aliphatic heterocycles. The first-order chi connectivity index (χ1) is 37.9. The van der Waals surface area contributed by atoms with Crippen molar-refractivity contribution in [2.75, 3.05) is 68.8 Å². The molecule has 4 aromatic heterocycles. The molecule has 3 unspecified atom stereocenters. The molecule has 5 saturated heterocycles. The Balaban J connectivity index is 0.605. The van der Waals surface area contributed by atoms with Crippen molar-refractivity contribution >= 4 is 45.1 Å². The van der Waals surface area contributed by atoms with Gasteiger partial charge in [0.15, 0.2) is 11.6 Å². The zero-order valence-corrected chi connectivity index (χ0v) is 45.6. The quantitative estimate of drug-likeness (QED) is 0.0888. The monoisotopic (exact) mass is 1050 g/mol. The molecule has 3 N–H and O–H groups in total. The number of aryl methyl sites for hydroxylation is 1. The van der Waals surface area contributed by atoms with E-state index in [0.717, 1.165) is 132 Å². The van der Waals surface area contributed by atoms with Crippen LogP contribution in [0.1, 0.15) is 113 Å². The van der Waals surface area contributed by atoms with Crippen molar-refractivity contribution in [1.29, 1.82) is 0 Å². The van der Waals surface area contributed by atoms with Crippen LogP contribution in [0.4, 0.5) is 11.6 Å². The number of hydrogen-bond acceptors (Lipinski definition) is 14. The zero-order chi connectivity index (χ0) is 53.3. The van der Waals surface area contributed by atoms with E-state index in [-0.39, 0.29) is 35.4 Å². The summed E-state index contributed by atoms with van der Waals surface area (Å²) in [6.45, 7) is 15.8. The lowest BCUT2D eigenvalue weighted by molar-refractivity contribution is -0.141. The fourth-order valence-corrected chi connectivity index (χ4v) is 14.0. The molecule has 406 valence electrons. The van der Waals surface area contributed by atoms with Gasteiger partial charge in [0.1, 0.15) is 30.1 Å². The molecule has 3 aromatic carbocycles. The molecule has 9 heterocycles. The number of hydrogen-bond donors (Lipinski definition) is 3. The molecule has 0 saturated carbocycles. The Kier molecular flexibility index (Phi) is 13.3. The number of fused-ring (bicyclic) bond motifs is 6. The number of anilines is 2. The van der Waals surface area contributed by atoms with Crippen LogP contribution in [-0.4, -0.2) is 134 Å². The van der Waals surface area contributed by atoms with Crippen LogP contribution in [0.25, 0.3) is 44.2 Å². The van der Waals surface area contributed by atoms with Crippen molar-refractivity contribution in [2.45, 2.75) is 109 Å². The Hall–Kier alpha value is -7.11. The number of phenols is 1. The zero-order valence-electron chi connectivity index (χ0n) is 45.6. The van der Waals surface area contributed by atoms with Crippen LogP contribution in [0.15, 0.2) is 83.6 Å². The molecule has 0 spiro atoms. The average molecular weight is 1050 g/mol. The average Bonchev–Trinajstić information content (AvgIpc) is 4.39. The van der Waals surface area contributed by atoms with Crippen LogP contribution in [0, 0.1) is 17.8 Å². The highest BCUT2D eigenvalue weighted by Gasteiger charge is 2.42. The molecule has 17 nitrogen and oxygen atoms in total. The fraction of sp³-hybridized carbons (Fsp3) is 0.492. The standard InChI is InChI=1S/C61H72N12O5/c1-35(2)53(60(76)73-21-7-10-50(73)59(75)64-37(4)40-11-13-41(14-12-40)49-17-20-63-69(49)5)51-29-52(68-78-51)71-31-39(32-71)26-38-18-22-70(23-19-38)24-25-77-61-66-57-48(58(67-61)72-33-43-15-16-44(34-72)65-43)30-62-56-47-28-45(74)27-42-8-6-9-46(55(42)47)36(3)54(56)57/h6,8-9,11-14,17,20,27-30,35-39,43-44,50,53,65,74H,7,10,15-16,18-19,21-26,31-34H2,1-5H3,(H,64,75)/t36?,37-,43?,44?,50-,53+/m0/s1. The highest BCUT2D eigenvalue weighted by molar-refractivity contribution is 6.06. The summed E-state index contributed by atoms with van der Waals surface area (Å²) in [7, 11) is 1.92. The SMILES string of the molecule is CC1c2c(ncc3c(N4CC5CCC(C4)N5)nc(OCCN4CCC(CC5CN(c6cc([C@H](C(=O)N7CCC[C@H]7C(=O)N[C@@H](C)c7ccc(-c8ccnn8C)cc7)C(C)C)on6)C5)CC4)nc23)-c2cc(O)cc3cccc1c23. The van der Waals surface area contributed by atoms with E-state index in [1.807, 2.05) is 75.1 Å². The van der Waals surface area contributed by atoms with Crippen molar-refractivity contribution in [1.82, 2.24) is 50.3 Å². The number of aromatic hydroxyl groups is 1. The smallest absolute Gasteiger partial charge is 0.319 e. The number of nitrogens with one attached hydrogen (secondary N) is 2. The van der Waals surface area contributed by atoms with Gasteiger partial charge < -0.3 is 39.7 Å². The van der Waals surface area contributed by atoms with Gasteiger partial charge in [0.05, 0.1) is 28.3 Å². The van der Waals surface area contributed by atoms with Crippen LogP contribution >= 0.6 is 0 Å². The highest BCUT2D eigenvalue weighted by atomic mass is 16.5. The maximum Gasteiger partial charge on any atom is 0.319 e. The minimum atomic E-state index is -0.534. The molecule has 6 aliphatic rings.